The number of carbonyl (C=O) groups excluding carboxylic acids is 1. The molecule has 5 heteroatoms. The first-order valence-electron chi connectivity index (χ1n) is 6.18. The number of nitrogens with one attached hydrogen (secondary N) is 1. The lowest BCUT2D eigenvalue weighted by molar-refractivity contribution is -0.115. The Morgan fingerprint density at radius 2 is 1.95 bits per heavy atom. The summed E-state index contributed by atoms with van der Waals surface area (Å²) in [5, 5.41) is 2.70. The molecular formula is C15H12ClFN2O. The van der Waals surface area contributed by atoms with Crippen LogP contribution in [0.2, 0.25) is 5.02 Å². The van der Waals surface area contributed by atoms with Crippen LogP contribution in [-0.2, 0) is 4.79 Å². The van der Waals surface area contributed by atoms with Gasteiger partial charge in [-0.2, -0.15) is 0 Å². The van der Waals surface area contributed by atoms with Crippen LogP contribution < -0.4 is 10.2 Å². The average molecular weight is 291 g/mol. The molecule has 0 saturated carbocycles. The molecule has 0 aromatic heterocycles. The molecule has 1 amide bonds. The molecule has 0 aliphatic carbocycles. The average Bonchev–Trinajstić information content (AvgIpc) is 2.41. The Bertz CT molecular complexity index is 685. The van der Waals surface area contributed by atoms with Gasteiger partial charge >= 0.3 is 0 Å². The fraction of sp³-hybridized carbons (Fsp3) is 0.133. The second-order valence-corrected chi connectivity index (χ2v) is 5.16. The number of halogens is 2. The summed E-state index contributed by atoms with van der Waals surface area (Å²) in [7, 11) is 0. The molecular weight excluding hydrogens is 279 g/mol. The highest BCUT2D eigenvalue weighted by Crippen LogP contribution is 2.37. The third kappa shape index (κ3) is 2.23. The van der Waals surface area contributed by atoms with Gasteiger partial charge in [-0.1, -0.05) is 29.3 Å². The molecule has 20 heavy (non-hydrogen) atoms. The highest BCUT2D eigenvalue weighted by Gasteiger charge is 2.24. The molecule has 2 aromatic carbocycles. The molecule has 102 valence electrons. The molecule has 1 heterocycles. The van der Waals surface area contributed by atoms with Crippen molar-refractivity contribution in [3.05, 3.63) is 52.8 Å². The number of hydrogen-bond acceptors (Lipinski definition) is 2. The van der Waals surface area contributed by atoms with E-state index in [9.17, 15) is 9.18 Å². The van der Waals surface area contributed by atoms with E-state index < -0.39 is 5.82 Å². The molecule has 0 unspecified atom stereocenters. The molecule has 3 rings (SSSR count). The van der Waals surface area contributed by atoms with Crippen LogP contribution in [0.25, 0.3) is 0 Å². The van der Waals surface area contributed by atoms with Crippen LogP contribution >= 0.6 is 11.6 Å². The van der Waals surface area contributed by atoms with E-state index in [1.54, 1.807) is 4.90 Å². The number of amides is 1. The summed E-state index contributed by atoms with van der Waals surface area (Å²) in [6.07, 6.45) is 0. The molecule has 0 saturated heterocycles. The van der Waals surface area contributed by atoms with Gasteiger partial charge in [-0.05, 0) is 25.1 Å². The van der Waals surface area contributed by atoms with Crippen LogP contribution in [0.1, 0.15) is 5.56 Å². The van der Waals surface area contributed by atoms with Gasteiger partial charge in [-0.15, -0.1) is 0 Å². The number of aryl methyl sites for hydroxylation is 1. The molecule has 1 N–H and O–H groups in total. The van der Waals surface area contributed by atoms with Crippen molar-refractivity contribution >= 4 is 34.6 Å². The normalized spacial score (nSPS) is 13.9. The van der Waals surface area contributed by atoms with Crippen molar-refractivity contribution in [2.75, 3.05) is 16.8 Å². The molecule has 3 nitrogen and oxygen atoms in total. The summed E-state index contributed by atoms with van der Waals surface area (Å²) in [6.45, 7) is 2.14. The fourth-order valence-electron chi connectivity index (χ4n) is 2.23. The van der Waals surface area contributed by atoms with Gasteiger partial charge in [-0.3, -0.25) is 4.79 Å². The second-order valence-electron chi connectivity index (χ2n) is 4.75. The number of anilines is 3. The fourth-order valence-corrected chi connectivity index (χ4v) is 2.40. The molecule has 0 radical (unpaired) electrons. The second kappa shape index (κ2) is 4.80. The van der Waals surface area contributed by atoms with Gasteiger partial charge in [0.15, 0.2) is 0 Å². The monoisotopic (exact) mass is 290 g/mol. The van der Waals surface area contributed by atoms with E-state index in [2.05, 4.69) is 5.32 Å². The van der Waals surface area contributed by atoms with Gasteiger partial charge in [0.25, 0.3) is 0 Å². The first kappa shape index (κ1) is 12.9. The van der Waals surface area contributed by atoms with Crippen molar-refractivity contribution in [3.8, 4) is 0 Å². The Hall–Kier alpha value is -2.07. The van der Waals surface area contributed by atoms with Gasteiger partial charge in [0.1, 0.15) is 12.4 Å². The third-order valence-corrected chi connectivity index (χ3v) is 3.54. The minimum absolute atomic E-state index is 0.00481. The maximum absolute atomic E-state index is 13.7. The molecule has 2 aromatic rings. The van der Waals surface area contributed by atoms with Gasteiger partial charge in [0, 0.05) is 11.8 Å². The van der Waals surface area contributed by atoms with E-state index in [1.807, 2.05) is 31.2 Å². The number of fused-ring (bicyclic) bond motifs is 1. The SMILES string of the molecule is Cc1ccc(N2CC(=O)Nc3cc(Cl)c(F)cc32)cc1. The number of carbonyl (C=O) groups is 1. The van der Waals surface area contributed by atoms with E-state index in [4.69, 9.17) is 11.6 Å². The number of hydrogen-bond donors (Lipinski definition) is 1. The molecule has 0 spiro atoms. The van der Waals surface area contributed by atoms with Crippen molar-refractivity contribution in [2.24, 2.45) is 0 Å². The smallest absolute Gasteiger partial charge is 0.244 e. The van der Waals surface area contributed by atoms with E-state index in [0.29, 0.717) is 11.4 Å². The summed E-state index contributed by atoms with van der Waals surface area (Å²) < 4.78 is 13.7. The molecule has 1 aliphatic heterocycles. The van der Waals surface area contributed by atoms with Crippen LogP contribution in [0.3, 0.4) is 0 Å². The Morgan fingerprint density at radius 3 is 2.65 bits per heavy atom. The van der Waals surface area contributed by atoms with Crippen LogP contribution in [0.4, 0.5) is 21.5 Å². The van der Waals surface area contributed by atoms with Gasteiger partial charge < -0.3 is 10.2 Å². The highest BCUT2D eigenvalue weighted by molar-refractivity contribution is 6.31. The molecule has 0 fully saturated rings. The number of nitrogens with zero attached hydrogens (tertiary/aromatic N) is 1. The Labute approximate surface area is 121 Å². The quantitative estimate of drug-likeness (QED) is 0.864. The zero-order valence-electron chi connectivity index (χ0n) is 10.8. The zero-order chi connectivity index (χ0) is 14.3. The number of rotatable bonds is 1. The van der Waals surface area contributed by atoms with Crippen molar-refractivity contribution in [1.29, 1.82) is 0 Å². The molecule has 0 bridgehead atoms. The summed E-state index contributed by atoms with van der Waals surface area (Å²) in [4.78, 5) is 13.6. The standard InChI is InChI=1S/C15H12ClFN2O/c1-9-2-4-10(5-3-9)19-8-15(20)18-13-6-11(16)12(17)7-14(13)19/h2-7H,8H2,1H3,(H,18,20). The van der Waals surface area contributed by atoms with E-state index in [-0.39, 0.29) is 17.5 Å². The maximum Gasteiger partial charge on any atom is 0.244 e. The Kier molecular flexibility index (Phi) is 3.10. The van der Waals surface area contributed by atoms with Crippen LogP contribution in [0.15, 0.2) is 36.4 Å². The van der Waals surface area contributed by atoms with E-state index >= 15 is 0 Å². The van der Waals surface area contributed by atoms with E-state index in [1.165, 1.54) is 12.1 Å². The van der Waals surface area contributed by atoms with Gasteiger partial charge in [0.2, 0.25) is 5.91 Å². The first-order chi connectivity index (χ1) is 9.54. The third-order valence-electron chi connectivity index (χ3n) is 3.25. The van der Waals surface area contributed by atoms with Crippen LogP contribution in [0.5, 0.6) is 0 Å². The largest absolute Gasteiger partial charge is 0.330 e. The predicted octanol–water partition coefficient (Wildman–Crippen LogP) is 3.88. The lowest BCUT2D eigenvalue weighted by atomic mass is 10.1. The summed E-state index contributed by atoms with van der Waals surface area (Å²) in [5.74, 6) is -0.653. The highest BCUT2D eigenvalue weighted by atomic mass is 35.5. The summed E-state index contributed by atoms with van der Waals surface area (Å²) in [6, 6.07) is 10.5. The molecule has 0 atom stereocenters. The summed E-state index contributed by atoms with van der Waals surface area (Å²) in [5.41, 5.74) is 3.09. The van der Waals surface area contributed by atoms with Gasteiger partial charge in [-0.25, -0.2) is 4.39 Å². The first-order valence-corrected chi connectivity index (χ1v) is 6.55. The zero-order valence-corrected chi connectivity index (χ0v) is 11.5. The van der Waals surface area contributed by atoms with Crippen molar-refractivity contribution in [3.63, 3.8) is 0 Å². The Balaban J connectivity index is 2.12. The van der Waals surface area contributed by atoms with Crippen molar-refractivity contribution in [1.82, 2.24) is 0 Å². The lowest BCUT2D eigenvalue weighted by Gasteiger charge is -2.31. The van der Waals surface area contributed by atoms with E-state index in [0.717, 1.165) is 11.3 Å². The predicted molar refractivity (Wildman–Crippen MR) is 78.2 cm³/mol. The van der Waals surface area contributed by atoms with Crippen molar-refractivity contribution < 1.29 is 9.18 Å². The summed E-state index contributed by atoms with van der Waals surface area (Å²) >= 11 is 5.76. The minimum Gasteiger partial charge on any atom is -0.330 e. The minimum atomic E-state index is -0.501. The van der Waals surface area contributed by atoms with Crippen molar-refractivity contribution in [2.45, 2.75) is 6.92 Å². The van der Waals surface area contributed by atoms with Crippen LogP contribution in [-0.4, -0.2) is 12.5 Å². The lowest BCUT2D eigenvalue weighted by Crippen LogP contribution is -2.35. The van der Waals surface area contributed by atoms with Crippen LogP contribution in [0, 0.1) is 12.7 Å². The van der Waals surface area contributed by atoms with Gasteiger partial charge in [0.05, 0.1) is 16.4 Å². The Morgan fingerprint density at radius 1 is 1.25 bits per heavy atom. The topological polar surface area (TPSA) is 32.3 Å². The number of benzene rings is 2. The maximum atomic E-state index is 13.7. The molecule has 1 aliphatic rings.